The third-order valence-electron chi connectivity index (χ3n) is 5.62. The number of primary amides is 1. The summed E-state index contributed by atoms with van der Waals surface area (Å²) in [5.74, 6) is -0.0552. The van der Waals surface area contributed by atoms with Gasteiger partial charge in [-0.3, -0.25) is 9.59 Å². The summed E-state index contributed by atoms with van der Waals surface area (Å²) in [4.78, 5) is 25.7. The molecule has 1 aliphatic heterocycles. The number of nitrogens with zero attached hydrogens (tertiary/aromatic N) is 1. The van der Waals surface area contributed by atoms with Crippen molar-refractivity contribution < 1.29 is 23.8 Å². The van der Waals surface area contributed by atoms with Gasteiger partial charge in [-0.1, -0.05) is 0 Å². The molecule has 3 atom stereocenters. The molecule has 2 aliphatic rings. The molecular formula is C19H26N2O5. The average molecular weight is 362 g/mol. The molecule has 142 valence electrons. The zero-order valence-electron chi connectivity index (χ0n) is 15.3. The Hall–Kier alpha value is -2.12. The number of fused-ring (bicyclic) bond motifs is 1. The molecule has 2 fully saturated rings. The number of ether oxygens (including phenoxy) is 3. The lowest BCUT2D eigenvalue weighted by atomic mass is 9.79. The monoisotopic (exact) mass is 362 g/mol. The van der Waals surface area contributed by atoms with Gasteiger partial charge in [0, 0.05) is 26.3 Å². The third kappa shape index (κ3) is 3.54. The van der Waals surface area contributed by atoms with E-state index in [9.17, 15) is 9.59 Å². The van der Waals surface area contributed by atoms with Crippen LogP contribution in [-0.4, -0.2) is 61.8 Å². The van der Waals surface area contributed by atoms with E-state index in [0.717, 1.165) is 25.7 Å². The van der Waals surface area contributed by atoms with Gasteiger partial charge in [-0.05, 0) is 49.9 Å². The van der Waals surface area contributed by atoms with Gasteiger partial charge in [0.05, 0.1) is 17.7 Å². The molecule has 0 aromatic heterocycles. The topological polar surface area (TPSA) is 91.1 Å². The van der Waals surface area contributed by atoms with Crippen LogP contribution in [0.4, 0.5) is 0 Å². The smallest absolute Gasteiger partial charge is 0.255 e. The zero-order valence-corrected chi connectivity index (χ0v) is 15.3. The summed E-state index contributed by atoms with van der Waals surface area (Å²) in [5, 5.41) is 0. The van der Waals surface area contributed by atoms with Crippen LogP contribution >= 0.6 is 0 Å². The molecule has 2 N–H and O–H groups in total. The van der Waals surface area contributed by atoms with Gasteiger partial charge in [0.15, 0.2) is 6.61 Å². The maximum atomic E-state index is 13.0. The standard InChI is InChI=1S/C19H26N2O5/c1-24-15-7-8-19(25-2)9-10-21(16(19)11-15)18(23)13-3-5-14(6-4-13)26-12-17(20)22/h3-6,15-16H,7-12H2,1-2H3,(H2,20,22)/t15-,16+,19-/m1/s1. The van der Waals surface area contributed by atoms with Gasteiger partial charge in [-0.2, -0.15) is 0 Å². The van der Waals surface area contributed by atoms with Crippen LogP contribution in [0.1, 0.15) is 36.0 Å². The van der Waals surface area contributed by atoms with E-state index in [1.807, 2.05) is 4.90 Å². The maximum Gasteiger partial charge on any atom is 0.255 e. The number of carbonyl (C=O) groups excluding carboxylic acids is 2. The largest absolute Gasteiger partial charge is 0.484 e. The third-order valence-corrected chi connectivity index (χ3v) is 5.62. The summed E-state index contributed by atoms with van der Waals surface area (Å²) in [5.41, 5.74) is 5.38. The number of hydrogen-bond donors (Lipinski definition) is 1. The molecular weight excluding hydrogens is 336 g/mol. The van der Waals surface area contributed by atoms with Crippen LogP contribution in [-0.2, 0) is 14.3 Å². The van der Waals surface area contributed by atoms with E-state index >= 15 is 0 Å². The number of benzene rings is 1. The number of carbonyl (C=O) groups is 2. The molecule has 7 nitrogen and oxygen atoms in total. The minimum absolute atomic E-state index is 0.0180. The molecule has 1 heterocycles. The second-order valence-corrected chi connectivity index (χ2v) is 6.94. The quantitative estimate of drug-likeness (QED) is 0.825. The molecule has 0 bridgehead atoms. The molecule has 1 saturated heterocycles. The number of likely N-dealkylation sites (tertiary alicyclic amines) is 1. The number of hydrogen-bond acceptors (Lipinski definition) is 5. The van der Waals surface area contributed by atoms with E-state index < -0.39 is 5.91 Å². The van der Waals surface area contributed by atoms with Crippen molar-refractivity contribution in [2.45, 2.75) is 43.4 Å². The highest BCUT2D eigenvalue weighted by atomic mass is 16.5. The van der Waals surface area contributed by atoms with E-state index in [1.165, 1.54) is 0 Å². The van der Waals surface area contributed by atoms with Crippen LogP contribution in [0.5, 0.6) is 5.75 Å². The second kappa shape index (κ2) is 7.63. The molecule has 1 aromatic rings. The van der Waals surface area contributed by atoms with Gasteiger partial charge in [0.2, 0.25) is 0 Å². The molecule has 3 rings (SSSR count). The minimum atomic E-state index is -0.539. The fourth-order valence-electron chi connectivity index (χ4n) is 4.13. The van der Waals surface area contributed by atoms with Crippen molar-refractivity contribution in [1.82, 2.24) is 4.90 Å². The fourth-order valence-corrected chi connectivity index (χ4v) is 4.13. The summed E-state index contributed by atoms with van der Waals surface area (Å²) in [6, 6.07) is 6.79. The predicted octanol–water partition coefficient (Wildman–Crippen LogP) is 1.35. The first-order valence-electron chi connectivity index (χ1n) is 8.89. The lowest BCUT2D eigenvalue weighted by Gasteiger charge is -2.43. The molecule has 1 aliphatic carbocycles. The predicted molar refractivity (Wildman–Crippen MR) is 95.0 cm³/mol. The molecule has 7 heteroatoms. The zero-order chi connectivity index (χ0) is 18.7. The van der Waals surface area contributed by atoms with Crippen LogP contribution < -0.4 is 10.5 Å². The normalized spacial score (nSPS) is 27.8. The van der Waals surface area contributed by atoms with E-state index in [-0.39, 0.29) is 30.3 Å². The van der Waals surface area contributed by atoms with Crippen LogP contribution in [0.15, 0.2) is 24.3 Å². The van der Waals surface area contributed by atoms with Gasteiger partial charge in [-0.25, -0.2) is 0 Å². The lowest BCUT2D eigenvalue weighted by Crippen LogP contribution is -2.53. The van der Waals surface area contributed by atoms with Gasteiger partial charge >= 0.3 is 0 Å². The molecule has 1 aromatic carbocycles. The van der Waals surface area contributed by atoms with Crippen molar-refractivity contribution >= 4 is 11.8 Å². The van der Waals surface area contributed by atoms with Crippen LogP contribution in [0.2, 0.25) is 0 Å². The molecule has 2 amide bonds. The van der Waals surface area contributed by atoms with Crippen molar-refractivity contribution in [3.05, 3.63) is 29.8 Å². The second-order valence-electron chi connectivity index (χ2n) is 6.94. The number of amides is 2. The number of methoxy groups -OCH3 is 2. The molecule has 0 unspecified atom stereocenters. The van der Waals surface area contributed by atoms with Crippen LogP contribution in [0.25, 0.3) is 0 Å². The molecule has 0 radical (unpaired) electrons. The molecule has 26 heavy (non-hydrogen) atoms. The van der Waals surface area contributed by atoms with Gasteiger partial charge in [0.25, 0.3) is 11.8 Å². The van der Waals surface area contributed by atoms with Gasteiger partial charge in [-0.15, -0.1) is 0 Å². The lowest BCUT2D eigenvalue weighted by molar-refractivity contribution is -0.119. The summed E-state index contributed by atoms with van der Waals surface area (Å²) in [7, 11) is 3.45. The van der Waals surface area contributed by atoms with E-state index in [1.54, 1.807) is 38.5 Å². The average Bonchev–Trinajstić information content (AvgIpc) is 3.05. The van der Waals surface area contributed by atoms with Crippen molar-refractivity contribution in [3.63, 3.8) is 0 Å². The van der Waals surface area contributed by atoms with Gasteiger partial charge in [0.1, 0.15) is 5.75 Å². The summed E-state index contributed by atoms with van der Waals surface area (Å²) in [6.07, 6.45) is 3.64. The number of nitrogens with two attached hydrogens (primary N) is 1. The highest BCUT2D eigenvalue weighted by Gasteiger charge is 2.52. The molecule has 0 spiro atoms. The fraction of sp³-hybridized carbons (Fsp3) is 0.579. The Morgan fingerprint density at radius 3 is 2.58 bits per heavy atom. The Morgan fingerprint density at radius 1 is 1.23 bits per heavy atom. The number of rotatable bonds is 6. The van der Waals surface area contributed by atoms with Crippen molar-refractivity contribution in [3.8, 4) is 5.75 Å². The summed E-state index contributed by atoms with van der Waals surface area (Å²) < 4.78 is 16.6. The summed E-state index contributed by atoms with van der Waals surface area (Å²) >= 11 is 0. The Morgan fingerprint density at radius 2 is 1.96 bits per heavy atom. The molecule has 1 saturated carbocycles. The Balaban J connectivity index is 1.73. The Kier molecular flexibility index (Phi) is 5.48. The van der Waals surface area contributed by atoms with Crippen molar-refractivity contribution in [2.24, 2.45) is 5.73 Å². The van der Waals surface area contributed by atoms with Crippen LogP contribution in [0.3, 0.4) is 0 Å². The Bertz CT molecular complexity index is 662. The van der Waals surface area contributed by atoms with E-state index in [2.05, 4.69) is 0 Å². The van der Waals surface area contributed by atoms with Gasteiger partial charge < -0.3 is 24.8 Å². The summed E-state index contributed by atoms with van der Waals surface area (Å²) in [6.45, 7) is 0.490. The SMILES string of the molecule is CO[C@@H]1CC[C@@]2(OC)CCN(C(=O)c3ccc(OCC(N)=O)cc3)[C@H]2C1. The Labute approximate surface area is 153 Å². The first-order valence-corrected chi connectivity index (χ1v) is 8.89. The highest BCUT2D eigenvalue weighted by molar-refractivity contribution is 5.95. The van der Waals surface area contributed by atoms with Crippen LogP contribution in [0, 0.1) is 0 Å². The first kappa shape index (κ1) is 18.7. The van der Waals surface area contributed by atoms with E-state index in [0.29, 0.717) is 17.9 Å². The van der Waals surface area contributed by atoms with E-state index in [4.69, 9.17) is 19.9 Å². The maximum absolute atomic E-state index is 13.0. The first-order chi connectivity index (χ1) is 12.5. The minimum Gasteiger partial charge on any atom is -0.484 e. The van der Waals surface area contributed by atoms with Crippen molar-refractivity contribution in [1.29, 1.82) is 0 Å². The van der Waals surface area contributed by atoms with Crippen molar-refractivity contribution in [2.75, 3.05) is 27.4 Å². The highest BCUT2D eigenvalue weighted by Crippen LogP contribution is 2.43.